The maximum atomic E-state index is 14.5. The number of hydrogen-bond acceptors (Lipinski definition) is 7. The van der Waals surface area contributed by atoms with Crippen LogP contribution in [-0.4, -0.2) is 50.0 Å². The molecule has 2 aromatic heterocycles. The summed E-state index contributed by atoms with van der Waals surface area (Å²) in [5.74, 6) is -0.686. The maximum absolute atomic E-state index is 14.5. The number of piperidine rings is 1. The van der Waals surface area contributed by atoms with Crippen molar-refractivity contribution < 1.29 is 26.9 Å². The molecule has 168 valence electrons. The van der Waals surface area contributed by atoms with Gasteiger partial charge in [-0.1, -0.05) is 11.2 Å². The van der Waals surface area contributed by atoms with Crippen molar-refractivity contribution in [2.45, 2.75) is 32.0 Å². The number of carbonyl (C=O) groups excluding carboxylic acids is 1. The lowest BCUT2D eigenvalue weighted by Crippen LogP contribution is -2.45. The van der Waals surface area contributed by atoms with Crippen molar-refractivity contribution in [3.63, 3.8) is 0 Å². The summed E-state index contributed by atoms with van der Waals surface area (Å²) in [6.07, 6.45) is -1.60. The molecule has 1 aromatic carbocycles. The zero-order valence-electron chi connectivity index (χ0n) is 16.9. The van der Waals surface area contributed by atoms with Gasteiger partial charge in [-0.2, -0.15) is 18.2 Å². The number of aromatic nitrogens is 4. The number of anilines is 1. The Hall–Kier alpha value is -3.57. The number of aryl methyl sites for hydroxylation is 1. The van der Waals surface area contributed by atoms with Gasteiger partial charge < -0.3 is 14.7 Å². The topological polar surface area (TPSA) is 97.0 Å². The van der Waals surface area contributed by atoms with Crippen molar-refractivity contribution >= 4 is 11.7 Å². The molecule has 12 heteroatoms. The van der Waals surface area contributed by atoms with Crippen molar-refractivity contribution in [2.75, 3.05) is 18.4 Å². The zero-order valence-corrected chi connectivity index (χ0v) is 16.9. The lowest BCUT2D eigenvalue weighted by Gasteiger charge is -2.33. The first-order valence-electron chi connectivity index (χ1n) is 9.76. The van der Waals surface area contributed by atoms with Gasteiger partial charge in [0.2, 0.25) is 0 Å². The Balaban J connectivity index is 1.51. The van der Waals surface area contributed by atoms with E-state index in [4.69, 9.17) is 4.52 Å². The molecule has 1 atom stereocenters. The average molecular weight is 450 g/mol. The van der Waals surface area contributed by atoms with E-state index in [1.807, 2.05) is 0 Å². The number of halogens is 4. The number of nitrogens with one attached hydrogen (secondary N) is 1. The minimum Gasteiger partial charge on any atom is -0.364 e. The minimum atomic E-state index is -4.57. The highest BCUT2D eigenvalue weighted by atomic mass is 19.4. The molecule has 0 bridgehead atoms. The van der Waals surface area contributed by atoms with Crippen LogP contribution < -0.4 is 5.32 Å². The third kappa shape index (κ3) is 4.53. The van der Waals surface area contributed by atoms with Gasteiger partial charge in [0.1, 0.15) is 11.6 Å². The summed E-state index contributed by atoms with van der Waals surface area (Å²) >= 11 is 0. The molecule has 1 unspecified atom stereocenters. The Kier molecular flexibility index (Phi) is 5.76. The van der Waals surface area contributed by atoms with Crippen molar-refractivity contribution in [3.8, 4) is 11.5 Å². The predicted octanol–water partition coefficient (Wildman–Crippen LogP) is 3.71. The molecule has 0 aliphatic carbocycles. The molecule has 1 N–H and O–H groups in total. The molecule has 0 radical (unpaired) electrons. The number of alkyl halides is 3. The van der Waals surface area contributed by atoms with E-state index in [1.165, 1.54) is 18.2 Å². The van der Waals surface area contributed by atoms with Crippen LogP contribution in [0.15, 0.2) is 35.1 Å². The van der Waals surface area contributed by atoms with E-state index in [9.17, 15) is 22.4 Å². The van der Waals surface area contributed by atoms with Crippen LogP contribution in [0, 0.1) is 12.7 Å². The van der Waals surface area contributed by atoms with Gasteiger partial charge in [0.05, 0.1) is 23.5 Å². The SMILES string of the molecule is Cc1noc(-c2c(F)cccc2C(=O)N2CCCC(Nc3cnc(C(F)(F)F)cn3)C2)n1. The van der Waals surface area contributed by atoms with E-state index in [0.717, 1.165) is 6.20 Å². The number of likely N-dealkylation sites (tertiary alicyclic amines) is 1. The number of nitrogens with zero attached hydrogens (tertiary/aromatic N) is 5. The second-order valence-electron chi connectivity index (χ2n) is 7.33. The molecule has 3 heterocycles. The molecule has 3 aromatic rings. The van der Waals surface area contributed by atoms with E-state index in [2.05, 4.69) is 25.4 Å². The summed E-state index contributed by atoms with van der Waals surface area (Å²) in [7, 11) is 0. The minimum absolute atomic E-state index is 0.0678. The Morgan fingerprint density at radius 3 is 2.72 bits per heavy atom. The molecule has 0 spiro atoms. The van der Waals surface area contributed by atoms with Gasteiger partial charge >= 0.3 is 6.18 Å². The number of benzene rings is 1. The summed E-state index contributed by atoms with van der Waals surface area (Å²) in [5, 5.41) is 6.66. The van der Waals surface area contributed by atoms with Gasteiger partial charge in [0.15, 0.2) is 11.5 Å². The maximum Gasteiger partial charge on any atom is 0.434 e. The normalized spacial score (nSPS) is 16.8. The third-order valence-corrected chi connectivity index (χ3v) is 4.99. The summed E-state index contributed by atoms with van der Waals surface area (Å²) in [4.78, 5) is 25.9. The lowest BCUT2D eigenvalue weighted by molar-refractivity contribution is -0.141. The molecule has 1 saturated heterocycles. The molecule has 1 aliphatic heterocycles. The fourth-order valence-electron chi connectivity index (χ4n) is 3.53. The van der Waals surface area contributed by atoms with Gasteiger partial charge in [0, 0.05) is 19.1 Å². The van der Waals surface area contributed by atoms with Gasteiger partial charge in [-0.25, -0.2) is 14.4 Å². The highest BCUT2D eigenvalue weighted by Gasteiger charge is 2.33. The summed E-state index contributed by atoms with van der Waals surface area (Å²) in [5.41, 5.74) is -1.07. The summed E-state index contributed by atoms with van der Waals surface area (Å²) in [6, 6.07) is 3.85. The highest BCUT2D eigenvalue weighted by molar-refractivity contribution is 6.00. The molecular formula is C20H18F4N6O2. The number of hydrogen-bond donors (Lipinski definition) is 1. The Morgan fingerprint density at radius 1 is 1.25 bits per heavy atom. The quantitative estimate of drug-likeness (QED) is 0.606. The van der Waals surface area contributed by atoms with Gasteiger partial charge in [-0.05, 0) is 31.9 Å². The number of carbonyl (C=O) groups is 1. The lowest BCUT2D eigenvalue weighted by atomic mass is 10.0. The predicted molar refractivity (Wildman–Crippen MR) is 104 cm³/mol. The van der Waals surface area contributed by atoms with Crippen LogP contribution >= 0.6 is 0 Å². The van der Waals surface area contributed by atoms with Crippen molar-refractivity contribution in [3.05, 3.63) is 53.5 Å². The molecule has 1 fully saturated rings. The first-order valence-corrected chi connectivity index (χ1v) is 9.76. The standard InChI is InChI=1S/C20H18F4N6O2/c1-11-27-18(32-29-11)17-13(5-2-6-14(17)21)19(31)30-7-3-4-12(10-30)28-16-9-25-15(8-26-16)20(22,23)24/h2,5-6,8-9,12H,3-4,7,10H2,1H3,(H,26,28). The van der Waals surface area contributed by atoms with E-state index in [0.29, 0.717) is 31.4 Å². The second kappa shape index (κ2) is 8.52. The smallest absolute Gasteiger partial charge is 0.364 e. The zero-order chi connectivity index (χ0) is 22.9. The second-order valence-corrected chi connectivity index (χ2v) is 7.33. The third-order valence-electron chi connectivity index (χ3n) is 4.99. The Bertz CT molecular complexity index is 1120. The molecule has 1 aliphatic rings. The van der Waals surface area contributed by atoms with Crippen molar-refractivity contribution in [1.82, 2.24) is 25.0 Å². The molecule has 1 amide bonds. The summed E-state index contributed by atoms with van der Waals surface area (Å²) < 4.78 is 57.6. The van der Waals surface area contributed by atoms with Crippen LogP contribution in [0.5, 0.6) is 0 Å². The van der Waals surface area contributed by atoms with E-state index < -0.39 is 23.6 Å². The van der Waals surface area contributed by atoms with Gasteiger partial charge in [-0.3, -0.25) is 4.79 Å². The van der Waals surface area contributed by atoms with E-state index in [-0.39, 0.29) is 35.4 Å². The van der Waals surface area contributed by atoms with Crippen molar-refractivity contribution in [2.24, 2.45) is 0 Å². The number of rotatable bonds is 4. The first kappa shape index (κ1) is 21.7. The molecule has 32 heavy (non-hydrogen) atoms. The first-order chi connectivity index (χ1) is 15.2. The fraction of sp³-hybridized carbons (Fsp3) is 0.350. The van der Waals surface area contributed by atoms with Crippen LogP contribution in [0.2, 0.25) is 0 Å². The Morgan fingerprint density at radius 2 is 2.06 bits per heavy atom. The molecule has 8 nitrogen and oxygen atoms in total. The average Bonchev–Trinajstić information content (AvgIpc) is 3.18. The Labute approximate surface area is 179 Å². The van der Waals surface area contributed by atoms with Crippen LogP contribution in [0.25, 0.3) is 11.5 Å². The van der Waals surface area contributed by atoms with Crippen LogP contribution in [0.1, 0.15) is 34.7 Å². The largest absolute Gasteiger partial charge is 0.434 e. The van der Waals surface area contributed by atoms with Crippen LogP contribution in [-0.2, 0) is 6.18 Å². The summed E-state index contributed by atoms with van der Waals surface area (Å²) in [6.45, 7) is 2.27. The number of amides is 1. The van der Waals surface area contributed by atoms with E-state index in [1.54, 1.807) is 11.8 Å². The van der Waals surface area contributed by atoms with Crippen LogP contribution in [0.4, 0.5) is 23.4 Å². The van der Waals surface area contributed by atoms with Crippen LogP contribution in [0.3, 0.4) is 0 Å². The molecule has 4 rings (SSSR count). The highest BCUT2D eigenvalue weighted by Crippen LogP contribution is 2.29. The van der Waals surface area contributed by atoms with Crippen molar-refractivity contribution in [1.29, 1.82) is 0 Å². The van der Waals surface area contributed by atoms with Gasteiger partial charge in [-0.15, -0.1) is 0 Å². The fourth-order valence-corrected chi connectivity index (χ4v) is 3.53. The molecule has 0 saturated carbocycles. The van der Waals surface area contributed by atoms with Gasteiger partial charge in [0.25, 0.3) is 11.8 Å². The monoisotopic (exact) mass is 450 g/mol. The molecular weight excluding hydrogens is 432 g/mol. The van der Waals surface area contributed by atoms with E-state index >= 15 is 0 Å².